The van der Waals surface area contributed by atoms with Crippen LogP contribution in [0.15, 0.2) is 156 Å². The molecule has 0 atom stereocenters. The van der Waals surface area contributed by atoms with Gasteiger partial charge in [-0.3, -0.25) is 0 Å². The van der Waals surface area contributed by atoms with Gasteiger partial charge in [-0.15, -0.1) is 0 Å². The molecule has 0 spiro atoms. The topological polar surface area (TPSA) is 16.4 Å². The second-order valence-electron chi connectivity index (χ2n) is 12.5. The highest BCUT2D eigenvalue weighted by molar-refractivity contribution is 6.25. The van der Waals surface area contributed by atoms with Crippen LogP contribution >= 0.6 is 0 Å². The first-order chi connectivity index (χ1) is 22.1. The Morgan fingerprint density at radius 1 is 0.489 bits per heavy atom. The van der Waals surface area contributed by atoms with Crippen LogP contribution in [0.5, 0.6) is 0 Å². The summed E-state index contributed by atoms with van der Waals surface area (Å²) in [4.78, 5) is 2.42. The van der Waals surface area contributed by atoms with Crippen molar-refractivity contribution >= 4 is 49.8 Å². The second kappa shape index (κ2) is 9.70. The van der Waals surface area contributed by atoms with E-state index in [9.17, 15) is 0 Å². The van der Waals surface area contributed by atoms with Gasteiger partial charge in [-0.25, -0.2) is 0 Å². The Morgan fingerprint density at radius 3 is 1.84 bits per heavy atom. The van der Waals surface area contributed by atoms with Crippen LogP contribution in [0.4, 0.5) is 17.1 Å². The van der Waals surface area contributed by atoms with Crippen molar-refractivity contribution in [2.24, 2.45) is 0 Å². The van der Waals surface area contributed by atoms with Crippen molar-refractivity contribution in [3.63, 3.8) is 0 Å². The molecule has 0 radical (unpaired) electrons. The third-order valence-electron chi connectivity index (χ3n) is 9.59. The van der Waals surface area contributed by atoms with Crippen molar-refractivity contribution < 1.29 is 4.42 Å². The molecule has 2 nitrogen and oxygen atoms in total. The lowest BCUT2D eigenvalue weighted by molar-refractivity contribution is 0.658. The fourth-order valence-electron chi connectivity index (χ4n) is 7.72. The Hall–Kier alpha value is -5.60. The van der Waals surface area contributed by atoms with Crippen LogP contribution in [0, 0.1) is 0 Å². The van der Waals surface area contributed by atoms with E-state index >= 15 is 0 Å². The molecule has 0 saturated heterocycles. The highest BCUT2D eigenvalue weighted by Gasteiger charge is 2.42. The van der Waals surface area contributed by atoms with E-state index in [-0.39, 0.29) is 5.41 Å². The Balaban J connectivity index is 1.33. The third-order valence-corrected chi connectivity index (χ3v) is 9.59. The molecule has 0 bridgehead atoms. The molecule has 1 heterocycles. The molecule has 0 fully saturated rings. The van der Waals surface area contributed by atoms with E-state index in [1.807, 2.05) is 0 Å². The number of rotatable bonds is 4. The van der Waals surface area contributed by atoms with E-state index in [0.717, 1.165) is 22.5 Å². The maximum Gasteiger partial charge on any atom is 0.144 e. The first-order valence-corrected chi connectivity index (χ1v) is 15.6. The van der Waals surface area contributed by atoms with E-state index in [2.05, 4.69) is 170 Å². The molecule has 0 aliphatic heterocycles. The van der Waals surface area contributed by atoms with Gasteiger partial charge in [0.1, 0.15) is 11.2 Å². The minimum Gasteiger partial charge on any atom is -0.455 e. The average Bonchev–Trinajstić information content (AvgIpc) is 3.60. The molecule has 1 aliphatic rings. The molecule has 45 heavy (non-hydrogen) atoms. The standard InChI is InChI=1S/C43H31NO/c1-43(2)40-35(39-41(43)33-19-10-9-18-32(33)38-34-20-11-12-23-37(34)45-42(38)39)21-13-22-36(40)44(30-16-7-4-8-17-30)31-26-24-29(25-27-31)28-14-5-3-6-15-28/h3-27H,1-2H3. The molecule has 1 aromatic heterocycles. The number of benzene rings is 7. The van der Waals surface area contributed by atoms with Crippen LogP contribution in [-0.4, -0.2) is 0 Å². The van der Waals surface area contributed by atoms with Gasteiger partial charge in [-0.05, 0) is 75.0 Å². The van der Waals surface area contributed by atoms with Gasteiger partial charge in [0.2, 0.25) is 0 Å². The third kappa shape index (κ3) is 3.76. The highest BCUT2D eigenvalue weighted by atomic mass is 16.3. The first kappa shape index (κ1) is 25.9. The lowest BCUT2D eigenvalue weighted by Gasteiger charge is -2.32. The highest BCUT2D eigenvalue weighted by Crippen LogP contribution is 2.59. The smallest absolute Gasteiger partial charge is 0.144 e. The van der Waals surface area contributed by atoms with E-state index in [0.29, 0.717) is 0 Å². The first-order valence-electron chi connectivity index (χ1n) is 15.6. The fourth-order valence-corrected chi connectivity index (χ4v) is 7.72. The Bertz CT molecular complexity index is 2380. The lowest BCUT2D eigenvalue weighted by atomic mass is 9.78. The van der Waals surface area contributed by atoms with Crippen molar-refractivity contribution in [2.75, 3.05) is 4.90 Å². The lowest BCUT2D eigenvalue weighted by Crippen LogP contribution is -2.21. The number of nitrogens with zero attached hydrogens (tertiary/aromatic N) is 1. The number of hydrogen-bond donors (Lipinski definition) is 0. The van der Waals surface area contributed by atoms with Crippen LogP contribution in [-0.2, 0) is 5.41 Å². The van der Waals surface area contributed by atoms with Crippen LogP contribution < -0.4 is 4.90 Å². The number of furan rings is 1. The molecule has 0 N–H and O–H groups in total. The predicted molar refractivity (Wildman–Crippen MR) is 189 cm³/mol. The average molecular weight is 578 g/mol. The van der Waals surface area contributed by atoms with Crippen LogP contribution in [0.1, 0.15) is 25.0 Å². The van der Waals surface area contributed by atoms with E-state index in [4.69, 9.17) is 4.42 Å². The van der Waals surface area contributed by atoms with Gasteiger partial charge in [-0.1, -0.05) is 129 Å². The van der Waals surface area contributed by atoms with Crippen molar-refractivity contribution in [3.8, 4) is 22.3 Å². The summed E-state index contributed by atoms with van der Waals surface area (Å²) in [5.74, 6) is 0. The minimum absolute atomic E-state index is 0.287. The quantitative estimate of drug-likeness (QED) is 0.207. The zero-order valence-electron chi connectivity index (χ0n) is 25.3. The van der Waals surface area contributed by atoms with Gasteiger partial charge in [-0.2, -0.15) is 0 Å². The van der Waals surface area contributed by atoms with E-state index in [1.165, 1.54) is 60.6 Å². The molecule has 9 rings (SSSR count). The Morgan fingerprint density at radius 2 is 1.09 bits per heavy atom. The van der Waals surface area contributed by atoms with E-state index in [1.54, 1.807) is 0 Å². The summed E-state index contributed by atoms with van der Waals surface area (Å²) in [5.41, 5.74) is 12.6. The normalized spacial score (nSPS) is 13.3. The summed E-state index contributed by atoms with van der Waals surface area (Å²) in [6.07, 6.45) is 0. The van der Waals surface area contributed by atoms with Crippen molar-refractivity contribution in [2.45, 2.75) is 19.3 Å². The summed E-state index contributed by atoms with van der Waals surface area (Å²) >= 11 is 0. The van der Waals surface area contributed by atoms with Crippen molar-refractivity contribution in [1.82, 2.24) is 0 Å². The molecule has 0 saturated carbocycles. The molecule has 214 valence electrons. The van der Waals surface area contributed by atoms with Crippen molar-refractivity contribution in [1.29, 1.82) is 0 Å². The molecular formula is C43H31NO. The summed E-state index contributed by atoms with van der Waals surface area (Å²) in [5, 5.41) is 4.90. The van der Waals surface area contributed by atoms with Crippen LogP contribution in [0.25, 0.3) is 55.0 Å². The minimum atomic E-state index is -0.287. The van der Waals surface area contributed by atoms with Gasteiger partial charge in [0.15, 0.2) is 0 Å². The molecule has 0 unspecified atom stereocenters. The number of anilines is 3. The summed E-state index contributed by atoms with van der Waals surface area (Å²) in [6, 6.07) is 54.3. The van der Waals surface area contributed by atoms with E-state index < -0.39 is 0 Å². The van der Waals surface area contributed by atoms with Gasteiger partial charge < -0.3 is 9.32 Å². The van der Waals surface area contributed by atoms with Gasteiger partial charge >= 0.3 is 0 Å². The maximum atomic E-state index is 6.76. The van der Waals surface area contributed by atoms with Crippen LogP contribution in [0.2, 0.25) is 0 Å². The summed E-state index contributed by atoms with van der Waals surface area (Å²) in [7, 11) is 0. The SMILES string of the molecule is CC1(C)c2c(cccc2N(c2ccccc2)c2ccc(-c3ccccc3)cc2)-c2c1c1ccccc1c1c2oc2ccccc21. The molecule has 0 amide bonds. The molecule has 1 aliphatic carbocycles. The largest absolute Gasteiger partial charge is 0.455 e. The molecular weight excluding hydrogens is 546 g/mol. The molecule has 2 heteroatoms. The number of hydrogen-bond acceptors (Lipinski definition) is 2. The zero-order chi connectivity index (χ0) is 30.1. The van der Waals surface area contributed by atoms with Crippen LogP contribution in [0.3, 0.4) is 0 Å². The molecule has 8 aromatic rings. The van der Waals surface area contributed by atoms with Gasteiger partial charge in [0, 0.05) is 33.1 Å². The Labute approximate surface area is 262 Å². The fraction of sp³-hybridized carbons (Fsp3) is 0.0698. The Kier molecular flexibility index (Phi) is 5.58. The maximum absolute atomic E-state index is 6.76. The van der Waals surface area contributed by atoms with Crippen molar-refractivity contribution in [3.05, 3.63) is 163 Å². The summed E-state index contributed by atoms with van der Waals surface area (Å²) < 4.78 is 6.76. The van der Waals surface area contributed by atoms with Gasteiger partial charge in [0.25, 0.3) is 0 Å². The number of fused-ring (bicyclic) bond motifs is 10. The van der Waals surface area contributed by atoms with Gasteiger partial charge in [0.05, 0.1) is 5.69 Å². The predicted octanol–water partition coefficient (Wildman–Crippen LogP) is 12.2. The monoisotopic (exact) mass is 577 g/mol. The summed E-state index contributed by atoms with van der Waals surface area (Å²) in [6.45, 7) is 4.76. The number of para-hydroxylation sites is 2. The second-order valence-corrected chi connectivity index (χ2v) is 12.5. The zero-order valence-corrected chi connectivity index (χ0v) is 25.3. The molecule has 7 aromatic carbocycles.